The minimum absolute atomic E-state index is 0.0755. The van der Waals surface area contributed by atoms with Crippen LogP contribution in [0.3, 0.4) is 0 Å². The molecule has 0 aliphatic carbocycles. The molecule has 7 nitrogen and oxygen atoms in total. The summed E-state index contributed by atoms with van der Waals surface area (Å²) in [5, 5.41) is 2.76. The van der Waals surface area contributed by atoms with Crippen LogP contribution < -0.4 is 14.8 Å². The summed E-state index contributed by atoms with van der Waals surface area (Å²) in [4.78, 5) is 13.0. The van der Waals surface area contributed by atoms with Crippen LogP contribution in [-0.4, -0.2) is 38.4 Å². The smallest absolute Gasteiger partial charge is 0.243 e. The fourth-order valence-corrected chi connectivity index (χ4v) is 4.75. The van der Waals surface area contributed by atoms with E-state index in [0.29, 0.717) is 30.4 Å². The van der Waals surface area contributed by atoms with E-state index >= 15 is 0 Å². The zero-order chi connectivity index (χ0) is 22.6. The molecule has 0 aromatic heterocycles. The van der Waals surface area contributed by atoms with Crippen molar-refractivity contribution < 1.29 is 22.7 Å². The van der Waals surface area contributed by atoms with E-state index in [4.69, 9.17) is 9.47 Å². The van der Waals surface area contributed by atoms with E-state index in [0.717, 1.165) is 11.1 Å². The van der Waals surface area contributed by atoms with Crippen LogP contribution in [0.5, 0.6) is 11.5 Å². The van der Waals surface area contributed by atoms with Gasteiger partial charge in [0, 0.05) is 18.3 Å². The Hall–Kier alpha value is -3.36. The Morgan fingerprint density at radius 1 is 0.938 bits per heavy atom. The first-order valence-electron chi connectivity index (χ1n) is 10.2. The highest BCUT2D eigenvalue weighted by atomic mass is 32.2. The van der Waals surface area contributed by atoms with Gasteiger partial charge in [-0.25, -0.2) is 8.42 Å². The number of fused-ring (bicyclic) bond motifs is 1. The molecular weight excluding hydrogens is 428 g/mol. The number of anilines is 1. The zero-order valence-corrected chi connectivity index (χ0v) is 18.5. The summed E-state index contributed by atoms with van der Waals surface area (Å²) >= 11 is 0. The molecule has 8 heteroatoms. The van der Waals surface area contributed by atoms with Crippen molar-refractivity contribution in [2.75, 3.05) is 25.1 Å². The van der Waals surface area contributed by atoms with Crippen molar-refractivity contribution in [3.8, 4) is 11.5 Å². The lowest BCUT2D eigenvalue weighted by Crippen LogP contribution is -2.37. The second-order valence-corrected chi connectivity index (χ2v) is 9.42. The van der Waals surface area contributed by atoms with Crippen molar-refractivity contribution in [3.05, 3.63) is 83.9 Å². The lowest BCUT2D eigenvalue weighted by molar-refractivity contribution is -0.116. The highest BCUT2D eigenvalue weighted by molar-refractivity contribution is 7.89. The summed E-state index contributed by atoms with van der Waals surface area (Å²) in [6, 6.07) is 20.8. The van der Waals surface area contributed by atoms with Gasteiger partial charge in [-0.05, 0) is 36.8 Å². The van der Waals surface area contributed by atoms with Crippen molar-refractivity contribution in [1.29, 1.82) is 0 Å². The number of aryl methyl sites for hydroxylation is 1. The van der Waals surface area contributed by atoms with Gasteiger partial charge in [-0.3, -0.25) is 4.79 Å². The van der Waals surface area contributed by atoms with Gasteiger partial charge in [-0.2, -0.15) is 4.31 Å². The maximum atomic E-state index is 13.3. The Balaban J connectivity index is 1.55. The molecule has 32 heavy (non-hydrogen) atoms. The van der Waals surface area contributed by atoms with Crippen LogP contribution >= 0.6 is 0 Å². The number of rotatable bonds is 7. The Morgan fingerprint density at radius 2 is 1.62 bits per heavy atom. The van der Waals surface area contributed by atoms with Crippen molar-refractivity contribution in [2.24, 2.45) is 0 Å². The van der Waals surface area contributed by atoms with E-state index in [-0.39, 0.29) is 18.0 Å². The highest BCUT2D eigenvalue weighted by Crippen LogP contribution is 2.32. The third kappa shape index (κ3) is 5.09. The molecule has 166 valence electrons. The van der Waals surface area contributed by atoms with Gasteiger partial charge in [0.25, 0.3) is 0 Å². The quantitative estimate of drug-likeness (QED) is 0.592. The summed E-state index contributed by atoms with van der Waals surface area (Å²) in [5.41, 5.74) is 2.37. The van der Waals surface area contributed by atoms with Gasteiger partial charge in [0.05, 0.1) is 11.4 Å². The van der Waals surface area contributed by atoms with Crippen LogP contribution in [0.4, 0.5) is 5.69 Å². The fourth-order valence-electron chi connectivity index (χ4n) is 3.35. The van der Waals surface area contributed by atoms with E-state index in [9.17, 15) is 13.2 Å². The molecule has 3 aromatic carbocycles. The van der Waals surface area contributed by atoms with Crippen LogP contribution in [0.15, 0.2) is 77.7 Å². The minimum atomic E-state index is -3.88. The number of hydrogen-bond acceptors (Lipinski definition) is 5. The highest BCUT2D eigenvalue weighted by Gasteiger charge is 2.27. The Morgan fingerprint density at radius 3 is 2.34 bits per heavy atom. The predicted octanol–water partition coefficient (Wildman–Crippen LogP) is 3.60. The van der Waals surface area contributed by atoms with Gasteiger partial charge in [0.2, 0.25) is 15.9 Å². The van der Waals surface area contributed by atoms with Crippen LogP contribution in [0.1, 0.15) is 11.1 Å². The predicted molar refractivity (Wildman–Crippen MR) is 121 cm³/mol. The molecule has 1 aliphatic rings. The van der Waals surface area contributed by atoms with Crippen LogP contribution in [0.2, 0.25) is 0 Å². The number of nitrogens with one attached hydrogen (secondary N) is 1. The van der Waals surface area contributed by atoms with Crippen molar-refractivity contribution in [3.63, 3.8) is 0 Å². The van der Waals surface area contributed by atoms with E-state index in [1.807, 2.05) is 31.2 Å². The summed E-state index contributed by atoms with van der Waals surface area (Å²) in [5.74, 6) is 0.706. The monoisotopic (exact) mass is 452 g/mol. The maximum absolute atomic E-state index is 13.3. The molecule has 0 fully saturated rings. The third-order valence-corrected chi connectivity index (χ3v) is 6.81. The number of carbonyl (C=O) groups is 1. The summed E-state index contributed by atoms with van der Waals surface area (Å²) in [6.45, 7) is 2.61. The van der Waals surface area contributed by atoms with Gasteiger partial charge in [0.15, 0.2) is 11.5 Å². The Bertz CT molecular complexity index is 1190. The Labute approximate surface area is 187 Å². The van der Waals surface area contributed by atoms with Crippen LogP contribution in [0.25, 0.3) is 0 Å². The number of amides is 1. The van der Waals surface area contributed by atoms with E-state index in [1.54, 1.807) is 36.4 Å². The molecule has 1 amide bonds. The molecule has 1 aliphatic heterocycles. The molecule has 0 bridgehead atoms. The largest absolute Gasteiger partial charge is 0.486 e. The zero-order valence-electron chi connectivity index (χ0n) is 17.7. The van der Waals surface area contributed by atoms with Crippen molar-refractivity contribution in [1.82, 2.24) is 4.31 Å². The Kier molecular flexibility index (Phi) is 6.43. The molecule has 0 saturated carbocycles. The first kappa shape index (κ1) is 21.9. The number of benzene rings is 3. The molecule has 4 rings (SSSR count). The molecular formula is C24H24N2O5S. The number of ether oxygens (including phenoxy) is 2. The molecule has 0 saturated heterocycles. The number of carbonyl (C=O) groups excluding carboxylic acids is 1. The first-order valence-corrected chi connectivity index (χ1v) is 11.7. The molecule has 0 unspecified atom stereocenters. The molecule has 1 heterocycles. The third-order valence-electron chi connectivity index (χ3n) is 5.01. The van der Waals surface area contributed by atoms with Crippen molar-refractivity contribution in [2.45, 2.75) is 18.4 Å². The van der Waals surface area contributed by atoms with Gasteiger partial charge in [-0.1, -0.05) is 48.0 Å². The topological polar surface area (TPSA) is 84.9 Å². The van der Waals surface area contributed by atoms with Crippen LogP contribution in [-0.2, 0) is 21.4 Å². The summed E-state index contributed by atoms with van der Waals surface area (Å²) in [7, 11) is -3.88. The average Bonchev–Trinajstić information content (AvgIpc) is 2.80. The lowest BCUT2D eigenvalue weighted by atomic mass is 10.1. The molecule has 3 aromatic rings. The minimum Gasteiger partial charge on any atom is -0.486 e. The van der Waals surface area contributed by atoms with E-state index in [2.05, 4.69) is 5.32 Å². The molecule has 1 N–H and O–H groups in total. The first-order chi connectivity index (χ1) is 15.4. The standard InChI is InChI=1S/C24H24N2O5S/c1-18-7-9-19(10-8-18)16-26(32(28,29)21-5-3-2-4-6-21)17-24(27)25-20-11-12-22-23(15-20)31-14-13-30-22/h2-12,15H,13-14,16-17H2,1H3,(H,25,27). The fraction of sp³-hybridized carbons (Fsp3) is 0.208. The van der Waals surface area contributed by atoms with E-state index in [1.165, 1.54) is 16.4 Å². The average molecular weight is 453 g/mol. The SMILES string of the molecule is Cc1ccc(CN(CC(=O)Nc2ccc3c(c2)OCCO3)S(=O)(=O)c2ccccc2)cc1. The lowest BCUT2D eigenvalue weighted by Gasteiger charge is -2.22. The van der Waals surface area contributed by atoms with Gasteiger partial charge in [0.1, 0.15) is 13.2 Å². The second-order valence-electron chi connectivity index (χ2n) is 7.48. The molecule has 0 radical (unpaired) electrons. The molecule has 0 spiro atoms. The van der Waals surface area contributed by atoms with Crippen LogP contribution in [0, 0.1) is 6.92 Å². The summed E-state index contributed by atoms with van der Waals surface area (Å²) in [6.07, 6.45) is 0. The maximum Gasteiger partial charge on any atom is 0.243 e. The number of sulfonamides is 1. The number of nitrogens with zero attached hydrogens (tertiary/aromatic N) is 1. The number of hydrogen-bond donors (Lipinski definition) is 1. The van der Waals surface area contributed by atoms with Crippen molar-refractivity contribution >= 4 is 21.6 Å². The molecule has 0 atom stereocenters. The normalized spacial score (nSPS) is 13.1. The van der Waals surface area contributed by atoms with E-state index < -0.39 is 15.9 Å². The van der Waals surface area contributed by atoms with Gasteiger partial charge >= 0.3 is 0 Å². The summed E-state index contributed by atoms with van der Waals surface area (Å²) < 4.78 is 38.8. The second kappa shape index (κ2) is 9.42. The van der Waals surface area contributed by atoms with Gasteiger partial charge in [-0.15, -0.1) is 0 Å². The van der Waals surface area contributed by atoms with Gasteiger partial charge < -0.3 is 14.8 Å².